The van der Waals surface area contributed by atoms with Crippen LogP contribution in [-0.2, 0) is 6.42 Å². The Labute approximate surface area is 79.4 Å². The molecule has 0 aliphatic rings. The van der Waals surface area contributed by atoms with E-state index in [1.807, 2.05) is 6.92 Å². The molecule has 4 nitrogen and oxygen atoms in total. The zero-order valence-corrected chi connectivity index (χ0v) is 7.57. The summed E-state index contributed by atoms with van der Waals surface area (Å²) < 4.78 is 14.4. The first-order valence-corrected chi connectivity index (χ1v) is 4.24. The minimum Gasteiger partial charge on any atom is -0.296 e. The summed E-state index contributed by atoms with van der Waals surface area (Å²) in [5.74, 6) is -0.0904. The molecule has 72 valence electrons. The average molecular weight is 193 g/mol. The number of rotatable bonds is 2. The SMILES string of the molecule is CCc1c(C=O)nc2ncc(F)cn12. The summed E-state index contributed by atoms with van der Waals surface area (Å²) in [4.78, 5) is 18.4. The standard InChI is InChI=1S/C9H8FN3O/c1-2-8-7(5-14)12-9-11-3-6(10)4-13(8)9/h3-5H,2H2,1H3. The second-order valence-corrected chi connectivity index (χ2v) is 2.86. The van der Waals surface area contributed by atoms with Crippen LogP contribution in [-0.4, -0.2) is 20.7 Å². The van der Waals surface area contributed by atoms with E-state index in [-0.39, 0.29) is 0 Å². The third-order valence-electron chi connectivity index (χ3n) is 2.02. The Kier molecular flexibility index (Phi) is 1.99. The van der Waals surface area contributed by atoms with Gasteiger partial charge in [0, 0.05) is 6.20 Å². The van der Waals surface area contributed by atoms with E-state index in [4.69, 9.17) is 0 Å². The molecule has 0 N–H and O–H groups in total. The number of fused-ring (bicyclic) bond motifs is 1. The molecular formula is C9H8FN3O. The van der Waals surface area contributed by atoms with E-state index < -0.39 is 5.82 Å². The summed E-state index contributed by atoms with van der Waals surface area (Å²) >= 11 is 0. The van der Waals surface area contributed by atoms with Gasteiger partial charge >= 0.3 is 0 Å². The predicted octanol–water partition coefficient (Wildman–Crippen LogP) is 1.24. The van der Waals surface area contributed by atoms with Gasteiger partial charge in [0.25, 0.3) is 0 Å². The van der Waals surface area contributed by atoms with Crippen LogP contribution in [0.2, 0.25) is 0 Å². The monoisotopic (exact) mass is 193 g/mol. The molecular weight excluding hydrogens is 185 g/mol. The van der Waals surface area contributed by atoms with Crippen LogP contribution in [0.4, 0.5) is 4.39 Å². The Morgan fingerprint density at radius 1 is 1.64 bits per heavy atom. The van der Waals surface area contributed by atoms with E-state index in [2.05, 4.69) is 9.97 Å². The maximum absolute atomic E-state index is 12.9. The summed E-state index contributed by atoms with van der Waals surface area (Å²) in [5, 5.41) is 0. The van der Waals surface area contributed by atoms with E-state index in [9.17, 15) is 9.18 Å². The highest BCUT2D eigenvalue weighted by Crippen LogP contribution is 2.10. The molecule has 5 heteroatoms. The molecule has 0 saturated carbocycles. The van der Waals surface area contributed by atoms with E-state index in [0.717, 1.165) is 6.20 Å². The smallest absolute Gasteiger partial charge is 0.234 e. The number of imidazole rings is 1. The molecule has 0 aliphatic heterocycles. The van der Waals surface area contributed by atoms with Gasteiger partial charge in [-0.3, -0.25) is 9.20 Å². The van der Waals surface area contributed by atoms with Gasteiger partial charge in [-0.25, -0.2) is 14.4 Å². The molecule has 2 heterocycles. The molecule has 0 atom stereocenters. The van der Waals surface area contributed by atoms with Crippen molar-refractivity contribution in [3.05, 3.63) is 29.6 Å². The van der Waals surface area contributed by atoms with Crippen molar-refractivity contribution < 1.29 is 9.18 Å². The Morgan fingerprint density at radius 3 is 3.07 bits per heavy atom. The number of halogens is 1. The summed E-state index contributed by atoms with van der Waals surface area (Å²) in [6.07, 6.45) is 3.63. The predicted molar refractivity (Wildman–Crippen MR) is 47.7 cm³/mol. The summed E-state index contributed by atoms with van der Waals surface area (Å²) in [5.41, 5.74) is 1.01. The van der Waals surface area contributed by atoms with Crippen molar-refractivity contribution in [2.75, 3.05) is 0 Å². The number of carbonyl (C=O) groups is 1. The molecule has 0 fully saturated rings. The second kappa shape index (κ2) is 3.17. The highest BCUT2D eigenvalue weighted by Gasteiger charge is 2.10. The van der Waals surface area contributed by atoms with Crippen molar-refractivity contribution in [2.24, 2.45) is 0 Å². The average Bonchev–Trinajstić information content (AvgIpc) is 2.54. The van der Waals surface area contributed by atoms with Crippen LogP contribution in [0.25, 0.3) is 5.78 Å². The topological polar surface area (TPSA) is 47.3 Å². The first-order valence-electron chi connectivity index (χ1n) is 4.24. The summed E-state index contributed by atoms with van der Waals surface area (Å²) in [7, 11) is 0. The van der Waals surface area contributed by atoms with Gasteiger partial charge in [0.2, 0.25) is 5.78 Å². The molecule has 0 saturated heterocycles. The van der Waals surface area contributed by atoms with Gasteiger partial charge < -0.3 is 0 Å². The Morgan fingerprint density at radius 2 is 2.43 bits per heavy atom. The first kappa shape index (κ1) is 8.80. The van der Waals surface area contributed by atoms with Gasteiger partial charge in [-0.15, -0.1) is 0 Å². The van der Waals surface area contributed by atoms with Crippen LogP contribution in [0.1, 0.15) is 23.1 Å². The zero-order valence-electron chi connectivity index (χ0n) is 7.57. The van der Waals surface area contributed by atoms with Crippen molar-refractivity contribution >= 4 is 12.1 Å². The van der Waals surface area contributed by atoms with E-state index >= 15 is 0 Å². The number of carbonyl (C=O) groups excluding carboxylic acids is 1. The lowest BCUT2D eigenvalue weighted by atomic mass is 10.3. The van der Waals surface area contributed by atoms with Crippen molar-refractivity contribution in [3.63, 3.8) is 0 Å². The molecule has 0 aromatic carbocycles. The van der Waals surface area contributed by atoms with Gasteiger partial charge in [-0.1, -0.05) is 6.92 Å². The molecule has 0 bridgehead atoms. The molecule has 14 heavy (non-hydrogen) atoms. The Hall–Kier alpha value is -1.78. The van der Waals surface area contributed by atoms with Crippen LogP contribution in [0.3, 0.4) is 0 Å². The van der Waals surface area contributed by atoms with Gasteiger partial charge in [0.05, 0.1) is 11.9 Å². The highest BCUT2D eigenvalue weighted by molar-refractivity contribution is 5.75. The fraction of sp³-hybridized carbons (Fsp3) is 0.222. The third-order valence-corrected chi connectivity index (χ3v) is 2.02. The van der Waals surface area contributed by atoms with Gasteiger partial charge in [-0.05, 0) is 6.42 Å². The summed E-state index contributed by atoms with van der Waals surface area (Å²) in [6, 6.07) is 0. The number of hydrogen-bond acceptors (Lipinski definition) is 3. The van der Waals surface area contributed by atoms with Gasteiger partial charge in [0.1, 0.15) is 5.69 Å². The molecule has 2 aromatic rings. The number of hydrogen-bond donors (Lipinski definition) is 0. The molecule has 0 radical (unpaired) electrons. The lowest BCUT2D eigenvalue weighted by Crippen LogP contribution is -1.95. The van der Waals surface area contributed by atoms with Crippen LogP contribution < -0.4 is 0 Å². The third kappa shape index (κ3) is 1.17. The molecule has 0 unspecified atom stereocenters. The minimum atomic E-state index is -0.443. The van der Waals surface area contributed by atoms with Crippen LogP contribution in [0, 0.1) is 5.82 Å². The van der Waals surface area contributed by atoms with Crippen LogP contribution >= 0.6 is 0 Å². The van der Waals surface area contributed by atoms with Gasteiger partial charge in [0.15, 0.2) is 12.1 Å². The number of nitrogens with zero attached hydrogens (tertiary/aromatic N) is 3. The number of aryl methyl sites for hydroxylation is 1. The fourth-order valence-electron chi connectivity index (χ4n) is 1.42. The number of aldehydes is 1. The van der Waals surface area contributed by atoms with E-state index in [1.165, 1.54) is 10.6 Å². The molecule has 2 rings (SSSR count). The molecule has 2 aromatic heterocycles. The second-order valence-electron chi connectivity index (χ2n) is 2.86. The molecule has 0 amide bonds. The largest absolute Gasteiger partial charge is 0.296 e. The van der Waals surface area contributed by atoms with E-state index in [1.54, 1.807) is 0 Å². The normalized spacial score (nSPS) is 10.7. The van der Waals surface area contributed by atoms with Crippen molar-refractivity contribution in [1.82, 2.24) is 14.4 Å². The lowest BCUT2D eigenvalue weighted by molar-refractivity contribution is 0.111. The lowest BCUT2D eigenvalue weighted by Gasteiger charge is -1.97. The van der Waals surface area contributed by atoms with Crippen molar-refractivity contribution in [1.29, 1.82) is 0 Å². The fourth-order valence-corrected chi connectivity index (χ4v) is 1.42. The highest BCUT2D eigenvalue weighted by atomic mass is 19.1. The minimum absolute atomic E-state index is 0.325. The molecule has 0 spiro atoms. The van der Waals surface area contributed by atoms with Gasteiger partial charge in [-0.2, -0.15) is 0 Å². The van der Waals surface area contributed by atoms with Crippen molar-refractivity contribution in [3.8, 4) is 0 Å². The Bertz CT molecular complexity index is 492. The zero-order chi connectivity index (χ0) is 10.1. The number of aromatic nitrogens is 3. The van der Waals surface area contributed by atoms with Crippen LogP contribution in [0.5, 0.6) is 0 Å². The maximum Gasteiger partial charge on any atom is 0.234 e. The first-order chi connectivity index (χ1) is 6.76. The quantitative estimate of drug-likeness (QED) is 0.674. The Balaban J connectivity index is 2.81. The maximum atomic E-state index is 12.9. The van der Waals surface area contributed by atoms with Crippen molar-refractivity contribution in [2.45, 2.75) is 13.3 Å². The van der Waals surface area contributed by atoms with E-state index in [0.29, 0.717) is 29.9 Å². The summed E-state index contributed by atoms with van der Waals surface area (Å²) in [6.45, 7) is 1.88. The molecule has 0 aliphatic carbocycles. The van der Waals surface area contributed by atoms with Crippen LogP contribution in [0.15, 0.2) is 12.4 Å².